The summed E-state index contributed by atoms with van der Waals surface area (Å²) in [5, 5.41) is 1.22. The molecule has 4 heteroatoms. The van der Waals surface area contributed by atoms with Gasteiger partial charge in [0.15, 0.2) is 0 Å². The lowest BCUT2D eigenvalue weighted by Crippen LogP contribution is -2.38. The molecule has 0 N–H and O–H groups in total. The molecule has 2 aromatic rings. The van der Waals surface area contributed by atoms with Gasteiger partial charge >= 0.3 is 0 Å². The van der Waals surface area contributed by atoms with Crippen LogP contribution in [0.15, 0.2) is 30.3 Å². The molecule has 0 radical (unpaired) electrons. The van der Waals surface area contributed by atoms with Crippen molar-refractivity contribution in [3.8, 4) is 0 Å². The molecular weight excluding hydrogens is 282 g/mol. The lowest BCUT2D eigenvalue weighted by molar-refractivity contribution is 0.337. The van der Waals surface area contributed by atoms with Crippen LogP contribution in [0.4, 0.5) is 5.69 Å². The van der Waals surface area contributed by atoms with Crippen LogP contribution in [0, 0.1) is 0 Å². The Morgan fingerprint density at radius 2 is 2.10 bits per heavy atom. The molecule has 3 rings (SSSR count). The molecule has 1 saturated heterocycles. The highest BCUT2D eigenvalue weighted by Crippen LogP contribution is 2.30. The number of benzene rings is 1. The molecule has 2 heterocycles. The summed E-state index contributed by atoms with van der Waals surface area (Å²) in [5.41, 5.74) is 3.27. The fourth-order valence-electron chi connectivity index (χ4n) is 3.25. The van der Waals surface area contributed by atoms with Crippen LogP contribution < -0.4 is 4.90 Å². The Bertz CT molecular complexity index is 628. The van der Waals surface area contributed by atoms with E-state index < -0.39 is 0 Å². The molecule has 0 bridgehead atoms. The molecule has 1 aromatic heterocycles. The van der Waals surface area contributed by atoms with Crippen molar-refractivity contribution in [3.63, 3.8) is 0 Å². The zero-order valence-corrected chi connectivity index (χ0v) is 13.5. The zero-order chi connectivity index (χ0) is 14.8. The van der Waals surface area contributed by atoms with E-state index in [0.29, 0.717) is 11.9 Å². The van der Waals surface area contributed by atoms with Crippen molar-refractivity contribution < 1.29 is 0 Å². The van der Waals surface area contributed by atoms with E-state index in [-0.39, 0.29) is 0 Å². The number of hydrogen-bond acceptors (Lipinski definition) is 3. The number of pyridine rings is 1. The smallest absolute Gasteiger partial charge is 0.0726 e. The lowest BCUT2D eigenvalue weighted by Gasteiger charge is -2.31. The molecule has 1 unspecified atom stereocenters. The third kappa shape index (κ3) is 2.99. The number of anilines is 1. The normalized spacial score (nSPS) is 20.7. The minimum absolute atomic E-state index is 0.458. The van der Waals surface area contributed by atoms with Gasteiger partial charge in [0, 0.05) is 30.2 Å². The Balaban J connectivity index is 2.09. The summed E-state index contributed by atoms with van der Waals surface area (Å²) in [6.45, 7) is 5.64. The fourth-order valence-corrected chi connectivity index (χ4v) is 3.38. The first-order valence-electron chi connectivity index (χ1n) is 7.59. The van der Waals surface area contributed by atoms with Gasteiger partial charge in [-0.25, -0.2) is 0 Å². The molecule has 0 spiro atoms. The molecule has 0 aliphatic carbocycles. The van der Waals surface area contributed by atoms with Crippen LogP contribution in [0.2, 0.25) is 0 Å². The van der Waals surface area contributed by atoms with Crippen LogP contribution in [0.3, 0.4) is 0 Å². The average Bonchev–Trinajstić information content (AvgIpc) is 2.66. The van der Waals surface area contributed by atoms with Crippen LogP contribution in [0.25, 0.3) is 10.9 Å². The number of hydrogen-bond donors (Lipinski definition) is 0. The van der Waals surface area contributed by atoms with E-state index >= 15 is 0 Å². The van der Waals surface area contributed by atoms with Gasteiger partial charge in [0.2, 0.25) is 0 Å². The summed E-state index contributed by atoms with van der Waals surface area (Å²) in [7, 11) is 2.20. The van der Waals surface area contributed by atoms with Gasteiger partial charge in [0.25, 0.3) is 0 Å². The van der Waals surface area contributed by atoms with Crippen molar-refractivity contribution in [1.29, 1.82) is 0 Å². The summed E-state index contributed by atoms with van der Waals surface area (Å²) < 4.78 is 0. The first-order chi connectivity index (χ1) is 10.2. The maximum atomic E-state index is 6.04. The van der Waals surface area contributed by atoms with E-state index in [9.17, 15) is 0 Å². The zero-order valence-electron chi connectivity index (χ0n) is 12.7. The van der Waals surface area contributed by atoms with Gasteiger partial charge in [0.1, 0.15) is 0 Å². The van der Waals surface area contributed by atoms with Gasteiger partial charge in [-0.15, -0.1) is 11.6 Å². The highest BCUT2D eigenvalue weighted by Gasteiger charge is 2.22. The van der Waals surface area contributed by atoms with Crippen molar-refractivity contribution in [2.75, 3.05) is 31.6 Å². The standard InChI is InChI=1S/C17H22ClN3/c1-13-12-20(2)8-5-9-21(13)17-10-14(11-18)19-16-7-4-3-6-15(16)17/h3-4,6-7,10,13H,5,8-9,11-12H2,1-2H3. The third-order valence-corrected chi connectivity index (χ3v) is 4.51. The maximum Gasteiger partial charge on any atom is 0.0726 e. The van der Waals surface area contributed by atoms with Gasteiger partial charge in [-0.1, -0.05) is 18.2 Å². The lowest BCUT2D eigenvalue weighted by atomic mass is 10.1. The fraction of sp³-hybridized carbons (Fsp3) is 0.471. The molecule has 1 fully saturated rings. The van der Waals surface area contributed by atoms with Gasteiger partial charge < -0.3 is 9.80 Å². The topological polar surface area (TPSA) is 19.4 Å². The van der Waals surface area contributed by atoms with E-state index in [0.717, 1.165) is 30.8 Å². The van der Waals surface area contributed by atoms with Gasteiger partial charge in [-0.3, -0.25) is 4.98 Å². The number of aromatic nitrogens is 1. The van der Waals surface area contributed by atoms with E-state index in [2.05, 4.69) is 53.0 Å². The van der Waals surface area contributed by atoms with Gasteiger partial charge in [-0.2, -0.15) is 0 Å². The number of rotatable bonds is 2. The van der Waals surface area contributed by atoms with E-state index in [1.165, 1.54) is 17.5 Å². The van der Waals surface area contributed by atoms with Gasteiger partial charge in [0.05, 0.1) is 17.1 Å². The minimum Gasteiger partial charge on any atom is -0.367 e. The quantitative estimate of drug-likeness (QED) is 0.792. The largest absolute Gasteiger partial charge is 0.367 e. The van der Waals surface area contributed by atoms with Crippen molar-refractivity contribution in [1.82, 2.24) is 9.88 Å². The van der Waals surface area contributed by atoms with Crippen LogP contribution >= 0.6 is 11.6 Å². The van der Waals surface area contributed by atoms with E-state index in [1.807, 2.05) is 6.07 Å². The van der Waals surface area contributed by atoms with Crippen LogP contribution in [0.5, 0.6) is 0 Å². The second-order valence-electron chi connectivity index (χ2n) is 5.94. The molecule has 1 atom stereocenters. The molecule has 112 valence electrons. The third-order valence-electron chi connectivity index (χ3n) is 4.24. The number of likely N-dealkylation sites (N-methyl/N-ethyl adjacent to an activating group) is 1. The Kier molecular flexibility index (Phi) is 4.32. The summed E-state index contributed by atoms with van der Waals surface area (Å²) >= 11 is 6.04. The number of alkyl halides is 1. The van der Waals surface area contributed by atoms with Gasteiger partial charge in [-0.05, 0) is 39.1 Å². The highest BCUT2D eigenvalue weighted by molar-refractivity contribution is 6.17. The van der Waals surface area contributed by atoms with Crippen LogP contribution in [-0.4, -0.2) is 42.6 Å². The van der Waals surface area contributed by atoms with Crippen molar-refractivity contribution in [2.45, 2.75) is 25.3 Å². The second kappa shape index (κ2) is 6.20. The molecule has 21 heavy (non-hydrogen) atoms. The SMILES string of the molecule is CC1CN(C)CCCN1c1cc(CCl)nc2ccccc12. The Morgan fingerprint density at radius 3 is 2.90 bits per heavy atom. The van der Waals surface area contributed by atoms with Crippen molar-refractivity contribution in [2.24, 2.45) is 0 Å². The number of nitrogens with zero attached hydrogens (tertiary/aromatic N) is 3. The first-order valence-corrected chi connectivity index (χ1v) is 8.12. The second-order valence-corrected chi connectivity index (χ2v) is 6.21. The van der Waals surface area contributed by atoms with E-state index in [4.69, 9.17) is 11.6 Å². The number of para-hydroxylation sites is 1. The molecular formula is C17H22ClN3. The van der Waals surface area contributed by atoms with E-state index in [1.54, 1.807) is 0 Å². The Hall–Kier alpha value is -1.32. The molecule has 1 aromatic carbocycles. The maximum absolute atomic E-state index is 6.04. The predicted molar refractivity (Wildman–Crippen MR) is 90.2 cm³/mol. The van der Waals surface area contributed by atoms with Crippen molar-refractivity contribution >= 4 is 28.2 Å². The summed E-state index contributed by atoms with van der Waals surface area (Å²) in [6.07, 6.45) is 1.19. The molecule has 3 nitrogen and oxygen atoms in total. The summed E-state index contributed by atoms with van der Waals surface area (Å²) in [6, 6.07) is 11.0. The molecule has 0 amide bonds. The minimum atomic E-state index is 0.458. The Labute approximate surface area is 131 Å². The van der Waals surface area contributed by atoms with Crippen molar-refractivity contribution in [3.05, 3.63) is 36.0 Å². The van der Waals surface area contributed by atoms with Crippen LogP contribution in [0.1, 0.15) is 19.0 Å². The Morgan fingerprint density at radius 1 is 1.29 bits per heavy atom. The molecule has 1 aliphatic heterocycles. The molecule has 0 saturated carbocycles. The summed E-state index contributed by atoms with van der Waals surface area (Å²) in [4.78, 5) is 9.57. The van der Waals surface area contributed by atoms with Crippen LogP contribution in [-0.2, 0) is 5.88 Å². The monoisotopic (exact) mass is 303 g/mol. The first kappa shape index (κ1) is 14.6. The highest BCUT2D eigenvalue weighted by atomic mass is 35.5. The summed E-state index contributed by atoms with van der Waals surface area (Å²) in [5.74, 6) is 0.458. The molecule has 1 aliphatic rings. The number of fused-ring (bicyclic) bond motifs is 1. The predicted octanol–water partition coefficient (Wildman–Crippen LogP) is 3.50. The average molecular weight is 304 g/mol. The number of halogens is 1.